The summed E-state index contributed by atoms with van der Waals surface area (Å²) in [7, 11) is 0. The van der Waals surface area contributed by atoms with E-state index in [1.165, 1.54) is 44.9 Å². The molecule has 1 aromatic heterocycles. The molecule has 0 bridgehead atoms. The van der Waals surface area contributed by atoms with Crippen molar-refractivity contribution in [3.63, 3.8) is 0 Å². The number of nitrogen functional groups attached to an aromatic ring is 1. The van der Waals surface area contributed by atoms with Crippen molar-refractivity contribution in [3.8, 4) is 0 Å². The van der Waals surface area contributed by atoms with Gasteiger partial charge in [-0.05, 0) is 36.3 Å². The fourth-order valence-electron chi connectivity index (χ4n) is 3.51. The summed E-state index contributed by atoms with van der Waals surface area (Å²) in [6.45, 7) is 0. The summed E-state index contributed by atoms with van der Waals surface area (Å²) < 4.78 is 5.20. The van der Waals surface area contributed by atoms with Crippen LogP contribution in [0.1, 0.15) is 56.8 Å². The second kappa shape index (κ2) is 4.07. The van der Waals surface area contributed by atoms with E-state index in [1.54, 1.807) is 0 Å². The Morgan fingerprint density at radius 2 is 1.88 bits per heavy atom. The van der Waals surface area contributed by atoms with Gasteiger partial charge in [0.1, 0.15) is 0 Å². The van der Waals surface area contributed by atoms with Crippen LogP contribution in [0, 0.1) is 11.8 Å². The van der Waals surface area contributed by atoms with Gasteiger partial charge in [-0.15, -0.1) is 0 Å². The van der Waals surface area contributed by atoms with Crippen LogP contribution in [0.2, 0.25) is 0 Å². The minimum absolute atomic E-state index is 0.278. The van der Waals surface area contributed by atoms with Crippen LogP contribution < -0.4 is 5.73 Å². The van der Waals surface area contributed by atoms with Crippen LogP contribution in [0.5, 0.6) is 0 Å². The molecule has 16 heavy (non-hydrogen) atoms. The molecule has 0 aliphatic heterocycles. The molecule has 2 N–H and O–H groups in total. The van der Waals surface area contributed by atoms with Gasteiger partial charge >= 0.3 is 0 Å². The molecule has 2 aliphatic carbocycles. The molecule has 2 fully saturated rings. The maximum Gasteiger partial charge on any atom is 0.260 e. The molecule has 2 saturated carbocycles. The van der Waals surface area contributed by atoms with Gasteiger partial charge in [0.25, 0.3) is 5.95 Å². The topological polar surface area (TPSA) is 64.9 Å². The van der Waals surface area contributed by atoms with Crippen molar-refractivity contribution in [3.05, 3.63) is 5.89 Å². The van der Waals surface area contributed by atoms with Crippen molar-refractivity contribution in [2.45, 2.75) is 50.9 Å². The molecule has 0 saturated heterocycles. The Kier molecular flexibility index (Phi) is 2.58. The number of rotatable bonds is 1. The maximum absolute atomic E-state index is 5.50. The molecule has 0 aromatic carbocycles. The van der Waals surface area contributed by atoms with Crippen molar-refractivity contribution in [2.24, 2.45) is 11.8 Å². The van der Waals surface area contributed by atoms with E-state index in [0.717, 1.165) is 17.7 Å². The monoisotopic (exact) mass is 221 g/mol. The third kappa shape index (κ3) is 1.81. The molecule has 0 radical (unpaired) electrons. The Hall–Kier alpha value is -1.06. The van der Waals surface area contributed by atoms with E-state index in [-0.39, 0.29) is 5.95 Å². The van der Waals surface area contributed by atoms with Gasteiger partial charge in [0, 0.05) is 5.92 Å². The fourth-order valence-corrected chi connectivity index (χ4v) is 3.51. The molecule has 0 spiro atoms. The van der Waals surface area contributed by atoms with Crippen LogP contribution in [-0.2, 0) is 0 Å². The maximum atomic E-state index is 5.50. The number of aromatic nitrogens is 2. The lowest BCUT2D eigenvalue weighted by atomic mass is 9.67. The second-order valence-electron chi connectivity index (χ2n) is 5.31. The van der Waals surface area contributed by atoms with Crippen molar-refractivity contribution in [1.82, 2.24) is 10.1 Å². The van der Waals surface area contributed by atoms with Crippen LogP contribution in [0.25, 0.3) is 0 Å². The van der Waals surface area contributed by atoms with Gasteiger partial charge in [-0.2, -0.15) is 4.98 Å². The number of nitrogens with zero attached hydrogens (tertiary/aromatic N) is 2. The van der Waals surface area contributed by atoms with Crippen molar-refractivity contribution < 1.29 is 4.52 Å². The molecule has 2 aliphatic rings. The summed E-state index contributed by atoms with van der Waals surface area (Å²) in [4.78, 5) is 4.17. The quantitative estimate of drug-likeness (QED) is 0.791. The molecule has 3 atom stereocenters. The Bertz CT molecular complexity index is 363. The zero-order valence-corrected chi connectivity index (χ0v) is 9.56. The predicted octanol–water partition coefficient (Wildman–Crippen LogP) is 2.73. The lowest BCUT2D eigenvalue weighted by Gasteiger charge is -2.38. The highest BCUT2D eigenvalue weighted by Crippen LogP contribution is 2.45. The van der Waals surface area contributed by atoms with Crippen molar-refractivity contribution >= 4 is 5.95 Å². The van der Waals surface area contributed by atoms with Crippen LogP contribution in [0.3, 0.4) is 0 Å². The molecular formula is C12H19N3O. The van der Waals surface area contributed by atoms with Gasteiger partial charge in [0.2, 0.25) is 5.89 Å². The summed E-state index contributed by atoms with van der Waals surface area (Å²) in [5, 5.41) is 3.69. The van der Waals surface area contributed by atoms with E-state index in [1.807, 2.05) is 0 Å². The first-order valence-electron chi connectivity index (χ1n) is 6.42. The molecule has 3 unspecified atom stereocenters. The van der Waals surface area contributed by atoms with Gasteiger partial charge in [0.15, 0.2) is 0 Å². The number of hydrogen-bond donors (Lipinski definition) is 1. The number of fused-ring (bicyclic) bond motifs is 1. The lowest BCUT2D eigenvalue weighted by Crippen LogP contribution is -2.26. The third-order valence-electron chi connectivity index (χ3n) is 4.35. The van der Waals surface area contributed by atoms with Gasteiger partial charge in [-0.3, -0.25) is 0 Å². The molecule has 1 aromatic rings. The summed E-state index contributed by atoms with van der Waals surface area (Å²) in [5.41, 5.74) is 5.50. The Labute approximate surface area is 95.6 Å². The van der Waals surface area contributed by atoms with Crippen molar-refractivity contribution in [2.75, 3.05) is 5.73 Å². The molecule has 4 heteroatoms. The van der Waals surface area contributed by atoms with Gasteiger partial charge in [-0.1, -0.05) is 25.7 Å². The number of hydrogen-bond acceptors (Lipinski definition) is 4. The first kappa shape index (κ1) is 10.1. The van der Waals surface area contributed by atoms with Crippen molar-refractivity contribution in [1.29, 1.82) is 0 Å². The van der Waals surface area contributed by atoms with Crippen LogP contribution in [0.4, 0.5) is 5.95 Å². The van der Waals surface area contributed by atoms with E-state index < -0.39 is 0 Å². The van der Waals surface area contributed by atoms with Gasteiger partial charge in [0.05, 0.1) is 0 Å². The highest BCUT2D eigenvalue weighted by Gasteiger charge is 2.34. The largest absolute Gasteiger partial charge is 0.365 e. The summed E-state index contributed by atoms with van der Waals surface area (Å²) in [6.07, 6.45) is 9.42. The third-order valence-corrected chi connectivity index (χ3v) is 4.35. The molecule has 1 heterocycles. The van der Waals surface area contributed by atoms with E-state index in [4.69, 9.17) is 10.3 Å². The molecule has 88 valence electrons. The van der Waals surface area contributed by atoms with Gasteiger partial charge in [-0.25, -0.2) is 0 Å². The van der Waals surface area contributed by atoms with Crippen LogP contribution in [0.15, 0.2) is 4.52 Å². The average molecular weight is 221 g/mol. The Morgan fingerprint density at radius 1 is 1.06 bits per heavy atom. The van der Waals surface area contributed by atoms with E-state index >= 15 is 0 Å². The minimum atomic E-state index is 0.278. The highest BCUT2D eigenvalue weighted by molar-refractivity contribution is 5.12. The summed E-state index contributed by atoms with van der Waals surface area (Å²) >= 11 is 0. The van der Waals surface area contributed by atoms with E-state index in [9.17, 15) is 0 Å². The zero-order valence-electron chi connectivity index (χ0n) is 9.56. The van der Waals surface area contributed by atoms with Gasteiger partial charge < -0.3 is 10.3 Å². The van der Waals surface area contributed by atoms with Crippen LogP contribution in [-0.4, -0.2) is 10.1 Å². The van der Waals surface area contributed by atoms with E-state index in [2.05, 4.69) is 10.1 Å². The highest BCUT2D eigenvalue weighted by atomic mass is 16.5. The molecule has 3 rings (SSSR count). The zero-order chi connectivity index (χ0) is 11.0. The first-order valence-corrected chi connectivity index (χ1v) is 6.42. The Morgan fingerprint density at radius 3 is 2.62 bits per heavy atom. The second-order valence-corrected chi connectivity index (χ2v) is 5.31. The lowest BCUT2D eigenvalue weighted by molar-refractivity contribution is 0.142. The predicted molar refractivity (Wildman–Crippen MR) is 60.8 cm³/mol. The number of anilines is 1. The molecular weight excluding hydrogens is 202 g/mol. The van der Waals surface area contributed by atoms with E-state index in [0.29, 0.717) is 5.92 Å². The smallest absolute Gasteiger partial charge is 0.260 e. The Balaban J connectivity index is 1.70. The molecule has 4 nitrogen and oxygen atoms in total. The normalized spacial score (nSPS) is 34.6. The summed E-state index contributed by atoms with van der Waals surface area (Å²) in [6, 6.07) is 0. The standard InChI is InChI=1S/C12H19N3O/c13-12-14-11(16-15-12)10-6-5-8-3-1-2-4-9(8)7-10/h8-10H,1-7H2,(H2,13,15). The van der Waals surface area contributed by atoms with Crippen LogP contribution >= 0.6 is 0 Å². The average Bonchev–Trinajstić information content (AvgIpc) is 2.75. The number of nitrogens with two attached hydrogens (primary N) is 1. The fraction of sp³-hybridized carbons (Fsp3) is 0.833. The summed E-state index contributed by atoms with van der Waals surface area (Å²) in [5.74, 6) is 3.36. The minimum Gasteiger partial charge on any atom is -0.365 e. The molecule has 0 amide bonds. The first-order chi connectivity index (χ1) is 7.83. The SMILES string of the molecule is Nc1noc(C2CCC3CCCCC3C2)n1.